The molecule has 0 spiro atoms. The van der Waals surface area contributed by atoms with Gasteiger partial charge in [-0.3, -0.25) is 0 Å². The van der Waals surface area contributed by atoms with Gasteiger partial charge in [0.1, 0.15) is 34.6 Å². The maximum atomic E-state index is 9.70. The Hall–Kier alpha value is -1.63. The number of furan rings is 1. The fourth-order valence-electron chi connectivity index (χ4n) is 3.01. The summed E-state index contributed by atoms with van der Waals surface area (Å²) in [6.07, 6.45) is 2.03. The first kappa shape index (κ1) is 14.9. The number of nitrogens with zero attached hydrogens (tertiary/aromatic N) is 1. The lowest BCUT2D eigenvalue weighted by molar-refractivity contribution is -0.149. The molecule has 1 aromatic carbocycles. The summed E-state index contributed by atoms with van der Waals surface area (Å²) in [6, 6.07) is 7.87. The Bertz CT molecular complexity index is 732. The number of hydrogen-bond acceptors (Lipinski definition) is 6. The third-order valence-corrected chi connectivity index (χ3v) is 5.31. The Kier molecular flexibility index (Phi) is 3.75. The highest BCUT2D eigenvalue weighted by atomic mass is 32.2. The Morgan fingerprint density at radius 2 is 2.26 bits per heavy atom. The van der Waals surface area contributed by atoms with E-state index in [0.717, 1.165) is 22.5 Å². The number of benzene rings is 1. The molecule has 1 saturated heterocycles. The molecule has 2 aliphatic rings. The fourth-order valence-corrected chi connectivity index (χ4v) is 3.96. The first-order valence-corrected chi connectivity index (χ1v) is 8.57. The number of hydrogen-bond donors (Lipinski definition) is 1. The summed E-state index contributed by atoms with van der Waals surface area (Å²) in [5.41, 5.74) is 0.582. The van der Waals surface area contributed by atoms with Crippen LogP contribution in [0.2, 0.25) is 0 Å². The number of aryl methyl sites for hydroxylation is 1. The van der Waals surface area contributed by atoms with Crippen LogP contribution in [0.15, 0.2) is 40.3 Å². The average molecular weight is 333 g/mol. The van der Waals surface area contributed by atoms with Gasteiger partial charge in [0.15, 0.2) is 0 Å². The molecule has 5 nitrogen and oxygen atoms in total. The minimum Gasteiger partial charge on any atom is -0.490 e. The molecule has 3 heterocycles. The molecule has 6 heteroatoms. The molecule has 1 atom stereocenters. The van der Waals surface area contributed by atoms with Gasteiger partial charge in [0, 0.05) is 11.6 Å². The smallest absolute Gasteiger partial charge is 0.134 e. The van der Waals surface area contributed by atoms with Crippen LogP contribution in [0.1, 0.15) is 5.76 Å². The SMILES string of the molecule is Cc1cc2cc(OCC3SC=CN3C3(CO)COC3)ccc2o1. The molecule has 0 amide bonds. The molecule has 4 rings (SSSR count). The van der Waals surface area contributed by atoms with Gasteiger partial charge in [-0.25, -0.2) is 0 Å². The Morgan fingerprint density at radius 3 is 3.00 bits per heavy atom. The minimum absolute atomic E-state index is 0.0919. The second-order valence-electron chi connectivity index (χ2n) is 6.03. The van der Waals surface area contributed by atoms with Gasteiger partial charge in [-0.05, 0) is 36.6 Å². The molecule has 122 valence electrons. The van der Waals surface area contributed by atoms with Crippen molar-refractivity contribution in [2.45, 2.75) is 17.8 Å². The van der Waals surface area contributed by atoms with Crippen LogP contribution in [-0.2, 0) is 4.74 Å². The van der Waals surface area contributed by atoms with Crippen LogP contribution in [0.3, 0.4) is 0 Å². The molecule has 0 saturated carbocycles. The monoisotopic (exact) mass is 333 g/mol. The van der Waals surface area contributed by atoms with Gasteiger partial charge in [-0.1, -0.05) is 0 Å². The third kappa shape index (κ3) is 2.60. The van der Waals surface area contributed by atoms with Gasteiger partial charge in [-0.15, -0.1) is 11.8 Å². The van der Waals surface area contributed by atoms with Crippen molar-refractivity contribution in [2.24, 2.45) is 0 Å². The Morgan fingerprint density at radius 1 is 1.39 bits per heavy atom. The molecule has 2 aromatic rings. The third-order valence-electron chi connectivity index (χ3n) is 4.35. The predicted molar refractivity (Wildman–Crippen MR) is 89.4 cm³/mol. The maximum absolute atomic E-state index is 9.70. The Balaban J connectivity index is 1.45. The van der Waals surface area contributed by atoms with E-state index in [1.165, 1.54) is 0 Å². The number of ether oxygens (including phenoxy) is 2. The average Bonchev–Trinajstić information content (AvgIpc) is 3.10. The summed E-state index contributed by atoms with van der Waals surface area (Å²) in [7, 11) is 0. The van der Waals surface area contributed by atoms with Crippen molar-refractivity contribution in [3.63, 3.8) is 0 Å². The predicted octanol–water partition coefficient (Wildman–Crippen LogP) is 2.73. The standard InChI is InChI=1S/C17H19NO4S/c1-12-6-13-7-14(2-3-15(13)22-12)21-8-16-18(4-5-23-16)17(9-19)10-20-11-17/h2-7,16,19H,8-11H2,1H3. The van der Waals surface area contributed by atoms with Gasteiger partial charge in [0.25, 0.3) is 0 Å². The van der Waals surface area contributed by atoms with Gasteiger partial charge < -0.3 is 23.9 Å². The van der Waals surface area contributed by atoms with E-state index >= 15 is 0 Å². The normalized spacial score (nSPS) is 22.5. The van der Waals surface area contributed by atoms with Crippen molar-refractivity contribution < 1.29 is 19.0 Å². The summed E-state index contributed by atoms with van der Waals surface area (Å²) in [6.45, 7) is 3.70. The van der Waals surface area contributed by atoms with Crippen LogP contribution in [0.4, 0.5) is 0 Å². The zero-order valence-electron chi connectivity index (χ0n) is 12.9. The molecular weight excluding hydrogens is 314 g/mol. The molecule has 0 radical (unpaired) electrons. The van der Waals surface area contributed by atoms with E-state index in [2.05, 4.69) is 4.90 Å². The van der Waals surface area contributed by atoms with E-state index in [0.29, 0.717) is 19.8 Å². The first-order valence-electron chi connectivity index (χ1n) is 7.62. The molecule has 1 unspecified atom stereocenters. The minimum atomic E-state index is -0.292. The molecule has 1 aromatic heterocycles. The number of fused-ring (bicyclic) bond motifs is 1. The zero-order valence-corrected chi connectivity index (χ0v) is 13.7. The Labute approximate surface area is 138 Å². The highest BCUT2D eigenvalue weighted by Gasteiger charge is 2.46. The van der Waals surface area contributed by atoms with Gasteiger partial charge in [-0.2, -0.15) is 0 Å². The van der Waals surface area contributed by atoms with Crippen molar-refractivity contribution in [3.05, 3.63) is 41.6 Å². The van der Waals surface area contributed by atoms with Crippen molar-refractivity contribution in [2.75, 3.05) is 26.4 Å². The van der Waals surface area contributed by atoms with Gasteiger partial charge >= 0.3 is 0 Å². The second-order valence-corrected chi connectivity index (χ2v) is 7.11. The summed E-state index contributed by atoms with van der Waals surface area (Å²) in [4.78, 5) is 2.17. The highest BCUT2D eigenvalue weighted by Crippen LogP contribution is 2.36. The lowest BCUT2D eigenvalue weighted by Gasteiger charge is -2.49. The fraction of sp³-hybridized carbons (Fsp3) is 0.412. The van der Waals surface area contributed by atoms with E-state index in [-0.39, 0.29) is 17.5 Å². The van der Waals surface area contributed by atoms with Gasteiger partial charge in [0.05, 0.1) is 19.8 Å². The van der Waals surface area contributed by atoms with Crippen LogP contribution < -0.4 is 4.74 Å². The summed E-state index contributed by atoms with van der Waals surface area (Å²) in [5.74, 6) is 1.72. The van der Waals surface area contributed by atoms with E-state index < -0.39 is 0 Å². The second kappa shape index (κ2) is 5.78. The quantitative estimate of drug-likeness (QED) is 0.908. The summed E-state index contributed by atoms with van der Waals surface area (Å²) < 4.78 is 16.9. The van der Waals surface area contributed by atoms with Crippen LogP contribution in [-0.4, -0.2) is 47.3 Å². The molecular formula is C17H19NO4S. The molecule has 0 aliphatic carbocycles. The van der Waals surface area contributed by atoms with E-state index in [1.807, 2.05) is 42.8 Å². The lowest BCUT2D eigenvalue weighted by Crippen LogP contribution is -2.64. The molecule has 0 bridgehead atoms. The summed E-state index contributed by atoms with van der Waals surface area (Å²) in [5, 5.41) is 12.9. The molecule has 1 N–H and O–H groups in total. The van der Waals surface area contributed by atoms with Crippen LogP contribution in [0.25, 0.3) is 11.0 Å². The van der Waals surface area contributed by atoms with Crippen LogP contribution in [0.5, 0.6) is 5.75 Å². The molecule has 1 fully saturated rings. The van der Waals surface area contributed by atoms with E-state index in [4.69, 9.17) is 13.9 Å². The van der Waals surface area contributed by atoms with Crippen molar-refractivity contribution in [1.82, 2.24) is 4.90 Å². The van der Waals surface area contributed by atoms with Gasteiger partial charge in [0.2, 0.25) is 0 Å². The van der Waals surface area contributed by atoms with E-state index in [1.54, 1.807) is 11.8 Å². The highest BCUT2D eigenvalue weighted by molar-refractivity contribution is 8.02. The molecule has 23 heavy (non-hydrogen) atoms. The number of thioether (sulfide) groups is 1. The number of aliphatic hydroxyl groups is 1. The number of rotatable bonds is 5. The number of aliphatic hydroxyl groups excluding tert-OH is 1. The largest absolute Gasteiger partial charge is 0.490 e. The summed E-state index contributed by atoms with van der Waals surface area (Å²) >= 11 is 1.70. The van der Waals surface area contributed by atoms with Crippen LogP contribution >= 0.6 is 11.8 Å². The molecule has 2 aliphatic heterocycles. The van der Waals surface area contributed by atoms with Crippen molar-refractivity contribution in [3.8, 4) is 5.75 Å². The van der Waals surface area contributed by atoms with E-state index in [9.17, 15) is 5.11 Å². The van der Waals surface area contributed by atoms with Crippen molar-refractivity contribution in [1.29, 1.82) is 0 Å². The zero-order chi connectivity index (χ0) is 15.9. The maximum Gasteiger partial charge on any atom is 0.134 e. The lowest BCUT2D eigenvalue weighted by atomic mass is 9.96. The first-order chi connectivity index (χ1) is 11.2. The van der Waals surface area contributed by atoms with Crippen LogP contribution in [0, 0.1) is 6.92 Å². The topological polar surface area (TPSA) is 55.1 Å². The van der Waals surface area contributed by atoms with Crippen molar-refractivity contribution >= 4 is 22.7 Å².